The molecule has 1 aliphatic rings. The summed E-state index contributed by atoms with van der Waals surface area (Å²) in [5.74, 6) is -3.31. The second kappa shape index (κ2) is 21.4. The number of phenolic OH excluding ortho intramolecular Hbond substituents is 1. The number of aliphatic hydroxyl groups is 1. The van der Waals surface area contributed by atoms with Crippen LogP contribution in [-0.4, -0.2) is 110 Å². The van der Waals surface area contributed by atoms with Gasteiger partial charge in [-0.25, -0.2) is 0 Å². The van der Waals surface area contributed by atoms with Crippen molar-refractivity contribution in [3.05, 3.63) is 23.8 Å². The maximum atomic E-state index is 13.7. The summed E-state index contributed by atoms with van der Waals surface area (Å²) in [6, 6.07) is 4.25. The van der Waals surface area contributed by atoms with Crippen molar-refractivity contribution in [2.75, 3.05) is 59.7 Å². The van der Waals surface area contributed by atoms with Gasteiger partial charge in [0.15, 0.2) is 0 Å². The van der Waals surface area contributed by atoms with Crippen LogP contribution in [0.4, 0.5) is 0 Å². The van der Waals surface area contributed by atoms with Gasteiger partial charge in [-0.3, -0.25) is 19.3 Å². The Bertz CT molecular complexity index is 1180. The number of aliphatic hydroxyl groups excluding tert-OH is 1. The number of rotatable bonds is 21. The molecule has 0 spiro atoms. The van der Waals surface area contributed by atoms with Crippen molar-refractivity contribution in [1.29, 1.82) is 0 Å². The summed E-state index contributed by atoms with van der Waals surface area (Å²) in [6.07, 6.45) is -0.483. The summed E-state index contributed by atoms with van der Waals surface area (Å²) in [6.45, 7) is 18.1. The highest BCUT2D eigenvalue weighted by atomic mass is 16.6. The molecule has 0 bridgehead atoms. The number of methoxy groups -OCH3 is 1. The van der Waals surface area contributed by atoms with Gasteiger partial charge in [0, 0.05) is 51.9 Å². The van der Waals surface area contributed by atoms with Gasteiger partial charge in [-0.2, -0.15) is 0 Å². The van der Waals surface area contributed by atoms with Crippen molar-refractivity contribution < 1.29 is 43.5 Å². The Kier molecular flexibility index (Phi) is 18.5. The normalized spacial score (nSPS) is 17.1. The van der Waals surface area contributed by atoms with E-state index in [9.17, 15) is 24.6 Å². The molecule has 0 saturated carbocycles. The zero-order chi connectivity index (χ0) is 37.4. The number of carbonyl (C=O) groups is 3. The van der Waals surface area contributed by atoms with E-state index in [-0.39, 0.29) is 47.6 Å². The molecule has 2 rings (SSSR count). The van der Waals surface area contributed by atoms with Crippen molar-refractivity contribution in [2.45, 2.75) is 92.0 Å². The number of benzene rings is 1. The number of nitrogens with one attached hydrogen (secondary N) is 2. The lowest BCUT2D eigenvalue weighted by Gasteiger charge is -2.35. The van der Waals surface area contributed by atoms with Gasteiger partial charge in [-0.1, -0.05) is 27.7 Å². The Labute approximate surface area is 298 Å². The summed E-state index contributed by atoms with van der Waals surface area (Å²) in [5.41, 5.74) is 6.03. The molecular weight excluding hydrogens is 644 g/mol. The second-order valence-electron chi connectivity index (χ2n) is 14.9. The van der Waals surface area contributed by atoms with Gasteiger partial charge >= 0.3 is 5.97 Å². The van der Waals surface area contributed by atoms with E-state index in [4.69, 9.17) is 24.7 Å². The lowest BCUT2D eigenvalue weighted by Crippen LogP contribution is -2.50. The third kappa shape index (κ3) is 15.1. The molecule has 0 radical (unpaired) electrons. The number of carbonyl (C=O) groups excluding carboxylic acids is 3. The molecule has 286 valence electrons. The molecule has 1 aromatic carbocycles. The molecule has 5 atom stereocenters. The van der Waals surface area contributed by atoms with E-state index < -0.39 is 47.5 Å². The van der Waals surface area contributed by atoms with E-state index >= 15 is 0 Å². The zero-order valence-corrected chi connectivity index (χ0v) is 31.5. The lowest BCUT2D eigenvalue weighted by molar-refractivity contribution is -0.166. The number of amides is 2. The van der Waals surface area contributed by atoms with Crippen LogP contribution in [0, 0.1) is 29.6 Å². The molecule has 1 fully saturated rings. The monoisotopic (exact) mass is 708 g/mol. The number of unbranched alkanes of at least 4 members (excludes halogenated alkanes) is 1. The predicted molar refractivity (Wildman–Crippen MR) is 192 cm³/mol. The molecule has 13 heteroatoms. The molecule has 0 aromatic heterocycles. The number of nitrogens with two attached hydrogens (primary N) is 1. The maximum absolute atomic E-state index is 13.7. The number of aromatic hydroxyl groups is 1. The summed E-state index contributed by atoms with van der Waals surface area (Å²) in [5, 5.41) is 27.6. The number of ether oxygens (including phenoxy) is 4. The maximum Gasteiger partial charge on any atom is 0.312 e. The van der Waals surface area contributed by atoms with Crippen molar-refractivity contribution >= 4 is 17.8 Å². The molecule has 1 aliphatic heterocycles. The summed E-state index contributed by atoms with van der Waals surface area (Å²) < 4.78 is 22.1. The fraction of sp³-hybridized carbons (Fsp3) is 0.757. The molecular formula is C37H64N4O9. The average molecular weight is 709 g/mol. The molecule has 1 aromatic rings. The van der Waals surface area contributed by atoms with Crippen LogP contribution in [0.25, 0.3) is 0 Å². The van der Waals surface area contributed by atoms with Crippen LogP contribution >= 0.6 is 0 Å². The highest BCUT2D eigenvalue weighted by Gasteiger charge is 2.39. The lowest BCUT2D eigenvalue weighted by atomic mass is 9.78. The molecule has 6 N–H and O–H groups in total. The molecule has 13 nitrogen and oxygen atoms in total. The fourth-order valence-corrected chi connectivity index (χ4v) is 6.00. The van der Waals surface area contributed by atoms with Gasteiger partial charge in [0.1, 0.15) is 17.1 Å². The van der Waals surface area contributed by atoms with Gasteiger partial charge in [0.25, 0.3) is 5.91 Å². The summed E-state index contributed by atoms with van der Waals surface area (Å²) in [7, 11) is 1.62. The summed E-state index contributed by atoms with van der Waals surface area (Å²) in [4.78, 5) is 42.8. The van der Waals surface area contributed by atoms with Crippen LogP contribution in [-0.2, 0) is 23.8 Å². The quantitative estimate of drug-likeness (QED) is 0.0718. The molecule has 1 unspecified atom stereocenters. The van der Waals surface area contributed by atoms with E-state index in [2.05, 4.69) is 15.5 Å². The van der Waals surface area contributed by atoms with Crippen molar-refractivity contribution in [3.63, 3.8) is 0 Å². The van der Waals surface area contributed by atoms with Crippen LogP contribution in [0.15, 0.2) is 18.2 Å². The number of hydrogen-bond donors (Lipinski definition) is 5. The number of hydrogen-bond acceptors (Lipinski definition) is 11. The largest absolute Gasteiger partial charge is 0.508 e. The van der Waals surface area contributed by atoms with E-state index in [0.29, 0.717) is 45.9 Å². The molecule has 1 saturated heterocycles. The van der Waals surface area contributed by atoms with Crippen molar-refractivity contribution in [1.82, 2.24) is 15.5 Å². The first-order valence-corrected chi connectivity index (χ1v) is 18.0. The third-order valence-electron chi connectivity index (χ3n) is 8.99. The average Bonchev–Trinajstić information content (AvgIpc) is 3.02. The van der Waals surface area contributed by atoms with Crippen molar-refractivity contribution in [3.8, 4) is 11.5 Å². The molecule has 2 amide bonds. The zero-order valence-electron chi connectivity index (χ0n) is 31.5. The van der Waals surface area contributed by atoms with Crippen LogP contribution in [0.1, 0.15) is 84.5 Å². The Balaban J connectivity index is 2.21. The standard InChI is InChI=1S/C37H64N4O9/c1-24(2)28(33(38)40-35(45)27-12-11-26(42)21-32(27)49-18-10-9-17-47-8)22-30(36(46)50-37(5,6)7)31(43)23-29(25(3)4)34(44)39-13-14-41-15-19-48-20-16-41/h11-12,21,24-25,28-31,33,42-43H,9-10,13-20,22-23,38H2,1-8H3,(H,39,44)(H,40,45)/t28-,29-,30-,31-,33?/m0/s1. The number of esters is 1. The smallest absolute Gasteiger partial charge is 0.312 e. The van der Waals surface area contributed by atoms with E-state index in [1.165, 1.54) is 18.2 Å². The Morgan fingerprint density at radius 1 is 1.00 bits per heavy atom. The van der Waals surface area contributed by atoms with Crippen molar-refractivity contribution in [2.24, 2.45) is 35.3 Å². The first-order valence-electron chi connectivity index (χ1n) is 18.0. The highest BCUT2D eigenvalue weighted by Crippen LogP contribution is 2.31. The number of nitrogens with zero attached hydrogens (tertiary/aromatic N) is 1. The molecule has 0 aliphatic carbocycles. The SMILES string of the molecule is COCCCCOc1cc(O)ccc1C(=O)NC(N)[C@@H](C[C@H](C(=O)OC(C)(C)C)[C@@H](O)C[C@H](C(=O)NCCN1CCOCC1)C(C)C)C(C)C. The topological polar surface area (TPSA) is 182 Å². The highest BCUT2D eigenvalue weighted by molar-refractivity contribution is 5.97. The van der Waals surface area contributed by atoms with E-state index in [1.54, 1.807) is 27.9 Å². The first kappa shape index (κ1) is 43.2. The first-order chi connectivity index (χ1) is 23.5. The summed E-state index contributed by atoms with van der Waals surface area (Å²) >= 11 is 0. The minimum atomic E-state index is -1.21. The third-order valence-corrected chi connectivity index (χ3v) is 8.99. The van der Waals surface area contributed by atoms with E-state index in [0.717, 1.165) is 19.5 Å². The van der Waals surface area contributed by atoms with Crippen LogP contribution < -0.4 is 21.1 Å². The number of morpholine rings is 1. The van der Waals surface area contributed by atoms with Gasteiger partial charge < -0.3 is 45.5 Å². The fourth-order valence-electron chi connectivity index (χ4n) is 6.00. The van der Waals surface area contributed by atoms with Gasteiger partial charge in [0.05, 0.1) is 43.6 Å². The molecule has 50 heavy (non-hydrogen) atoms. The van der Waals surface area contributed by atoms with Gasteiger partial charge in [0.2, 0.25) is 5.91 Å². The Morgan fingerprint density at radius 3 is 2.26 bits per heavy atom. The Morgan fingerprint density at radius 2 is 1.66 bits per heavy atom. The van der Waals surface area contributed by atoms with Gasteiger partial charge in [-0.05, 0) is 76.3 Å². The van der Waals surface area contributed by atoms with Gasteiger partial charge in [-0.15, -0.1) is 0 Å². The minimum Gasteiger partial charge on any atom is -0.508 e. The number of phenols is 1. The van der Waals surface area contributed by atoms with Crippen LogP contribution in [0.5, 0.6) is 11.5 Å². The van der Waals surface area contributed by atoms with Crippen LogP contribution in [0.2, 0.25) is 0 Å². The Hall–Kier alpha value is -2.97. The predicted octanol–water partition coefficient (Wildman–Crippen LogP) is 3.30. The van der Waals surface area contributed by atoms with E-state index in [1.807, 2.05) is 27.7 Å². The second-order valence-corrected chi connectivity index (χ2v) is 14.9. The molecule has 1 heterocycles. The van der Waals surface area contributed by atoms with Crippen LogP contribution in [0.3, 0.4) is 0 Å². The minimum absolute atomic E-state index is 0.0440.